The molecule has 0 aliphatic heterocycles. The van der Waals surface area contributed by atoms with Crippen molar-refractivity contribution < 1.29 is 9.84 Å². The predicted molar refractivity (Wildman–Crippen MR) is 66.4 cm³/mol. The Morgan fingerprint density at radius 1 is 1.27 bits per heavy atom. The molecule has 1 N–H and O–H groups in total. The van der Waals surface area contributed by atoms with Crippen molar-refractivity contribution in [3.8, 4) is 0 Å². The summed E-state index contributed by atoms with van der Waals surface area (Å²) in [6.07, 6.45) is 6.74. The highest BCUT2D eigenvalue weighted by molar-refractivity contribution is 7.99. The van der Waals surface area contributed by atoms with Crippen molar-refractivity contribution in [1.82, 2.24) is 0 Å². The predicted octanol–water partition coefficient (Wildman–Crippen LogP) is 2.84. The Morgan fingerprint density at radius 3 is 2.53 bits per heavy atom. The van der Waals surface area contributed by atoms with Crippen molar-refractivity contribution in [1.29, 1.82) is 0 Å². The quantitative estimate of drug-likeness (QED) is 0.763. The van der Waals surface area contributed by atoms with Crippen LogP contribution in [0.5, 0.6) is 0 Å². The standard InChI is InChI=1S/C12H24O2S/c1-10(2)14-8-11(13)9-15-12-6-4-3-5-7-12/h10-13H,3-9H2,1-2H3. The van der Waals surface area contributed by atoms with Crippen LogP contribution in [-0.4, -0.2) is 34.9 Å². The Balaban J connectivity index is 2.02. The van der Waals surface area contributed by atoms with Crippen LogP contribution in [-0.2, 0) is 4.74 Å². The third-order valence-electron chi connectivity index (χ3n) is 2.70. The molecule has 0 saturated heterocycles. The Hall–Kier alpha value is 0.270. The second-order valence-electron chi connectivity index (χ2n) is 4.63. The fourth-order valence-corrected chi connectivity index (χ4v) is 3.09. The summed E-state index contributed by atoms with van der Waals surface area (Å²) in [6.45, 7) is 4.49. The molecule has 1 fully saturated rings. The molecule has 1 aliphatic carbocycles. The molecule has 2 nitrogen and oxygen atoms in total. The molecule has 15 heavy (non-hydrogen) atoms. The number of thioether (sulfide) groups is 1. The average molecular weight is 232 g/mol. The van der Waals surface area contributed by atoms with Crippen LogP contribution in [0.1, 0.15) is 46.0 Å². The van der Waals surface area contributed by atoms with Gasteiger partial charge in [-0.15, -0.1) is 0 Å². The Bertz CT molecular complexity index is 156. The molecule has 90 valence electrons. The molecule has 0 amide bonds. The van der Waals surface area contributed by atoms with E-state index in [2.05, 4.69) is 0 Å². The Kier molecular flexibility index (Phi) is 6.69. The van der Waals surface area contributed by atoms with E-state index < -0.39 is 0 Å². The van der Waals surface area contributed by atoms with Gasteiger partial charge in [0.1, 0.15) is 0 Å². The molecule has 1 atom stereocenters. The molecule has 0 aromatic carbocycles. The van der Waals surface area contributed by atoms with E-state index in [1.54, 1.807) is 0 Å². The number of hydrogen-bond acceptors (Lipinski definition) is 3. The van der Waals surface area contributed by atoms with E-state index in [-0.39, 0.29) is 12.2 Å². The summed E-state index contributed by atoms with van der Waals surface area (Å²) >= 11 is 1.93. The van der Waals surface area contributed by atoms with Crippen molar-refractivity contribution in [2.45, 2.75) is 63.4 Å². The minimum Gasteiger partial charge on any atom is -0.390 e. The largest absolute Gasteiger partial charge is 0.390 e. The van der Waals surface area contributed by atoms with E-state index in [0.717, 1.165) is 11.0 Å². The Morgan fingerprint density at radius 2 is 1.93 bits per heavy atom. The average Bonchev–Trinajstić information content (AvgIpc) is 2.25. The van der Waals surface area contributed by atoms with Crippen LogP contribution in [0.4, 0.5) is 0 Å². The lowest BCUT2D eigenvalue weighted by atomic mass is 10.0. The second kappa shape index (κ2) is 7.53. The van der Waals surface area contributed by atoms with Gasteiger partial charge < -0.3 is 9.84 Å². The number of rotatable bonds is 6. The number of aliphatic hydroxyl groups excluding tert-OH is 1. The monoisotopic (exact) mass is 232 g/mol. The highest BCUT2D eigenvalue weighted by Crippen LogP contribution is 2.28. The van der Waals surface area contributed by atoms with Crippen molar-refractivity contribution >= 4 is 11.8 Å². The first kappa shape index (κ1) is 13.3. The lowest BCUT2D eigenvalue weighted by Gasteiger charge is -2.22. The molecule has 0 aromatic rings. The Labute approximate surface area is 97.8 Å². The van der Waals surface area contributed by atoms with Gasteiger partial charge in [-0.25, -0.2) is 0 Å². The smallest absolute Gasteiger partial charge is 0.0864 e. The summed E-state index contributed by atoms with van der Waals surface area (Å²) in [4.78, 5) is 0. The van der Waals surface area contributed by atoms with Crippen LogP contribution in [0.3, 0.4) is 0 Å². The molecule has 1 rings (SSSR count). The number of ether oxygens (including phenoxy) is 1. The minimum atomic E-state index is -0.292. The van der Waals surface area contributed by atoms with E-state index in [9.17, 15) is 5.11 Å². The number of aliphatic hydroxyl groups is 1. The summed E-state index contributed by atoms with van der Waals surface area (Å²) in [6, 6.07) is 0. The summed E-state index contributed by atoms with van der Waals surface area (Å²) in [5.41, 5.74) is 0. The molecule has 1 aliphatic rings. The van der Waals surface area contributed by atoms with E-state index in [1.165, 1.54) is 32.1 Å². The van der Waals surface area contributed by atoms with Crippen LogP contribution < -0.4 is 0 Å². The minimum absolute atomic E-state index is 0.222. The van der Waals surface area contributed by atoms with Gasteiger partial charge >= 0.3 is 0 Å². The maximum atomic E-state index is 9.68. The summed E-state index contributed by atoms with van der Waals surface area (Å²) < 4.78 is 5.38. The van der Waals surface area contributed by atoms with E-state index in [4.69, 9.17) is 4.74 Å². The van der Waals surface area contributed by atoms with Gasteiger partial charge in [0, 0.05) is 11.0 Å². The van der Waals surface area contributed by atoms with Crippen molar-refractivity contribution in [3.63, 3.8) is 0 Å². The molecular weight excluding hydrogens is 208 g/mol. The van der Waals surface area contributed by atoms with Crippen LogP contribution in [0.15, 0.2) is 0 Å². The van der Waals surface area contributed by atoms with Gasteiger partial charge in [0.15, 0.2) is 0 Å². The highest BCUT2D eigenvalue weighted by atomic mass is 32.2. The van der Waals surface area contributed by atoms with E-state index in [0.29, 0.717) is 6.61 Å². The molecule has 3 heteroatoms. The molecular formula is C12H24O2S. The normalized spacial score (nSPS) is 20.8. The summed E-state index contributed by atoms with van der Waals surface area (Å²) in [7, 11) is 0. The fourth-order valence-electron chi connectivity index (χ4n) is 1.83. The van der Waals surface area contributed by atoms with Crippen molar-refractivity contribution in [2.24, 2.45) is 0 Å². The van der Waals surface area contributed by atoms with Crippen LogP contribution in [0.25, 0.3) is 0 Å². The van der Waals surface area contributed by atoms with E-state index in [1.807, 2.05) is 25.6 Å². The summed E-state index contributed by atoms with van der Waals surface area (Å²) in [5.74, 6) is 0.831. The molecule has 0 aromatic heterocycles. The first-order valence-electron chi connectivity index (χ1n) is 6.09. The van der Waals surface area contributed by atoms with Gasteiger partial charge in [-0.05, 0) is 26.7 Å². The SMILES string of the molecule is CC(C)OCC(O)CSC1CCCCC1. The molecule has 1 unspecified atom stereocenters. The molecule has 0 radical (unpaired) electrons. The fraction of sp³-hybridized carbons (Fsp3) is 1.00. The second-order valence-corrected chi connectivity index (χ2v) is 5.96. The van der Waals surface area contributed by atoms with Crippen molar-refractivity contribution in [3.05, 3.63) is 0 Å². The molecule has 0 heterocycles. The first-order valence-corrected chi connectivity index (χ1v) is 7.14. The highest BCUT2D eigenvalue weighted by Gasteiger charge is 2.15. The van der Waals surface area contributed by atoms with Crippen LogP contribution >= 0.6 is 11.8 Å². The molecule has 0 bridgehead atoms. The van der Waals surface area contributed by atoms with Crippen molar-refractivity contribution in [2.75, 3.05) is 12.4 Å². The lowest BCUT2D eigenvalue weighted by Crippen LogP contribution is -2.22. The maximum absolute atomic E-state index is 9.68. The van der Waals surface area contributed by atoms with Crippen LogP contribution in [0, 0.1) is 0 Å². The maximum Gasteiger partial charge on any atom is 0.0864 e. The van der Waals surface area contributed by atoms with Gasteiger partial charge in [-0.2, -0.15) is 11.8 Å². The van der Waals surface area contributed by atoms with E-state index >= 15 is 0 Å². The zero-order valence-electron chi connectivity index (χ0n) is 9.95. The topological polar surface area (TPSA) is 29.5 Å². The van der Waals surface area contributed by atoms with Gasteiger partial charge in [-0.3, -0.25) is 0 Å². The van der Waals surface area contributed by atoms with Gasteiger partial charge in [0.2, 0.25) is 0 Å². The third kappa shape index (κ3) is 6.44. The zero-order valence-corrected chi connectivity index (χ0v) is 10.8. The van der Waals surface area contributed by atoms with Crippen LogP contribution in [0.2, 0.25) is 0 Å². The zero-order chi connectivity index (χ0) is 11.1. The van der Waals surface area contributed by atoms with Gasteiger partial charge in [0.25, 0.3) is 0 Å². The summed E-state index contributed by atoms with van der Waals surface area (Å²) in [5, 5.41) is 10.5. The third-order valence-corrected chi connectivity index (χ3v) is 4.22. The first-order chi connectivity index (χ1) is 7.18. The number of hydrogen-bond donors (Lipinski definition) is 1. The lowest BCUT2D eigenvalue weighted by molar-refractivity contribution is 0.0152. The van der Waals surface area contributed by atoms with Gasteiger partial charge in [0.05, 0.1) is 18.8 Å². The molecule has 0 spiro atoms. The molecule has 1 saturated carbocycles. The van der Waals surface area contributed by atoms with Gasteiger partial charge in [-0.1, -0.05) is 19.3 Å².